The lowest BCUT2D eigenvalue weighted by atomic mass is 10.2. The predicted octanol–water partition coefficient (Wildman–Crippen LogP) is -0.386. The normalized spacial score (nSPS) is 22.2. The van der Waals surface area contributed by atoms with Crippen LogP contribution >= 0.6 is 0 Å². The third kappa shape index (κ3) is 6.33. The standard InChI is InChI=1S/C12H27N3O2/c1-14-6-9-17-12(10-14)11-15(5-3-4-13)7-8-16-2/h12H,3-11,13H2,1-2H3. The molecule has 0 spiro atoms. The Morgan fingerprint density at radius 2 is 2.29 bits per heavy atom. The van der Waals surface area contributed by atoms with E-state index in [0.29, 0.717) is 6.10 Å². The van der Waals surface area contributed by atoms with E-state index in [1.54, 1.807) is 7.11 Å². The fourth-order valence-corrected chi connectivity index (χ4v) is 2.09. The first-order valence-corrected chi connectivity index (χ1v) is 6.47. The van der Waals surface area contributed by atoms with Gasteiger partial charge in [-0.2, -0.15) is 0 Å². The molecule has 1 saturated heterocycles. The molecule has 5 heteroatoms. The van der Waals surface area contributed by atoms with Crippen LogP contribution in [0, 0.1) is 0 Å². The zero-order chi connectivity index (χ0) is 12.5. The molecule has 102 valence electrons. The molecule has 0 aliphatic carbocycles. The van der Waals surface area contributed by atoms with Crippen molar-refractivity contribution >= 4 is 0 Å². The molecule has 0 aromatic carbocycles. The lowest BCUT2D eigenvalue weighted by Gasteiger charge is -2.33. The van der Waals surface area contributed by atoms with E-state index in [1.807, 2.05) is 0 Å². The van der Waals surface area contributed by atoms with Gasteiger partial charge in [-0.25, -0.2) is 0 Å². The van der Waals surface area contributed by atoms with Gasteiger partial charge in [-0.3, -0.25) is 4.90 Å². The number of likely N-dealkylation sites (N-methyl/N-ethyl adjacent to an activating group) is 1. The molecule has 5 nitrogen and oxygen atoms in total. The zero-order valence-electron chi connectivity index (χ0n) is 11.2. The predicted molar refractivity (Wildman–Crippen MR) is 69.2 cm³/mol. The summed E-state index contributed by atoms with van der Waals surface area (Å²) in [4.78, 5) is 4.71. The minimum atomic E-state index is 0.323. The summed E-state index contributed by atoms with van der Waals surface area (Å²) >= 11 is 0. The van der Waals surface area contributed by atoms with Gasteiger partial charge in [0.25, 0.3) is 0 Å². The summed E-state index contributed by atoms with van der Waals surface area (Å²) in [6, 6.07) is 0. The van der Waals surface area contributed by atoms with Crippen LogP contribution in [0.25, 0.3) is 0 Å². The second-order valence-corrected chi connectivity index (χ2v) is 4.69. The first-order chi connectivity index (χ1) is 8.26. The number of ether oxygens (including phenoxy) is 2. The molecule has 0 radical (unpaired) electrons. The van der Waals surface area contributed by atoms with Crippen LogP contribution in [-0.4, -0.2) is 82.5 Å². The molecule has 1 atom stereocenters. The van der Waals surface area contributed by atoms with Crippen molar-refractivity contribution in [2.45, 2.75) is 12.5 Å². The van der Waals surface area contributed by atoms with Gasteiger partial charge >= 0.3 is 0 Å². The maximum absolute atomic E-state index is 5.78. The Bertz CT molecular complexity index is 185. The third-order valence-electron chi connectivity index (χ3n) is 3.09. The van der Waals surface area contributed by atoms with E-state index in [9.17, 15) is 0 Å². The molecular weight excluding hydrogens is 218 g/mol. The summed E-state index contributed by atoms with van der Waals surface area (Å²) in [6.07, 6.45) is 1.36. The van der Waals surface area contributed by atoms with Gasteiger partial charge in [0.15, 0.2) is 0 Å². The maximum atomic E-state index is 5.78. The highest BCUT2D eigenvalue weighted by Crippen LogP contribution is 2.05. The van der Waals surface area contributed by atoms with Crippen molar-refractivity contribution in [3.8, 4) is 0 Å². The molecule has 0 saturated carbocycles. The second-order valence-electron chi connectivity index (χ2n) is 4.69. The van der Waals surface area contributed by atoms with E-state index in [4.69, 9.17) is 15.2 Å². The highest BCUT2D eigenvalue weighted by atomic mass is 16.5. The summed E-state index contributed by atoms with van der Waals surface area (Å²) in [5.74, 6) is 0. The van der Waals surface area contributed by atoms with Crippen molar-refractivity contribution in [3.05, 3.63) is 0 Å². The van der Waals surface area contributed by atoms with Crippen molar-refractivity contribution in [1.82, 2.24) is 9.80 Å². The Hall–Kier alpha value is -0.200. The number of nitrogens with two attached hydrogens (primary N) is 1. The number of nitrogens with zero attached hydrogens (tertiary/aromatic N) is 2. The van der Waals surface area contributed by atoms with E-state index in [1.165, 1.54) is 0 Å². The maximum Gasteiger partial charge on any atom is 0.0829 e. The molecule has 0 aromatic heterocycles. The molecular formula is C12H27N3O2. The fraction of sp³-hybridized carbons (Fsp3) is 1.00. The van der Waals surface area contributed by atoms with E-state index in [2.05, 4.69) is 16.8 Å². The molecule has 1 fully saturated rings. The Balaban J connectivity index is 2.29. The smallest absolute Gasteiger partial charge is 0.0829 e. The topological polar surface area (TPSA) is 51.0 Å². The lowest BCUT2D eigenvalue weighted by Crippen LogP contribution is -2.47. The van der Waals surface area contributed by atoms with Gasteiger partial charge in [-0.15, -0.1) is 0 Å². The summed E-state index contributed by atoms with van der Waals surface area (Å²) in [7, 11) is 3.89. The molecule has 1 aliphatic heterocycles. The minimum absolute atomic E-state index is 0.323. The summed E-state index contributed by atoms with van der Waals surface area (Å²) in [5.41, 5.74) is 5.56. The second kappa shape index (κ2) is 8.83. The molecule has 1 unspecified atom stereocenters. The summed E-state index contributed by atoms with van der Waals surface area (Å²) in [6.45, 7) is 7.39. The molecule has 1 rings (SSSR count). The average molecular weight is 245 g/mol. The third-order valence-corrected chi connectivity index (χ3v) is 3.09. The first kappa shape index (κ1) is 14.9. The highest BCUT2D eigenvalue weighted by Gasteiger charge is 2.20. The number of hydrogen-bond donors (Lipinski definition) is 1. The van der Waals surface area contributed by atoms with Crippen LogP contribution in [0.4, 0.5) is 0 Å². The van der Waals surface area contributed by atoms with E-state index in [-0.39, 0.29) is 0 Å². The zero-order valence-corrected chi connectivity index (χ0v) is 11.2. The van der Waals surface area contributed by atoms with Crippen LogP contribution in [-0.2, 0) is 9.47 Å². The molecule has 1 aliphatic rings. The number of hydrogen-bond acceptors (Lipinski definition) is 5. The minimum Gasteiger partial charge on any atom is -0.383 e. The van der Waals surface area contributed by atoms with Crippen molar-refractivity contribution < 1.29 is 9.47 Å². The van der Waals surface area contributed by atoms with Gasteiger partial charge in [0.05, 0.1) is 19.3 Å². The van der Waals surface area contributed by atoms with Gasteiger partial charge in [0, 0.05) is 33.3 Å². The van der Waals surface area contributed by atoms with Gasteiger partial charge < -0.3 is 20.1 Å². The van der Waals surface area contributed by atoms with Crippen LogP contribution < -0.4 is 5.73 Å². The SMILES string of the molecule is COCCN(CCCN)CC1CN(C)CCO1. The number of methoxy groups -OCH3 is 1. The molecule has 0 bridgehead atoms. The average Bonchev–Trinajstić information content (AvgIpc) is 2.32. The summed E-state index contributed by atoms with van der Waals surface area (Å²) < 4.78 is 10.9. The van der Waals surface area contributed by atoms with E-state index in [0.717, 1.165) is 58.9 Å². The van der Waals surface area contributed by atoms with Crippen LogP contribution in [0.1, 0.15) is 6.42 Å². The fourth-order valence-electron chi connectivity index (χ4n) is 2.09. The monoisotopic (exact) mass is 245 g/mol. The Labute approximate surface area is 105 Å². The Morgan fingerprint density at radius 3 is 2.94 bits per heavy atom. The van der Waals surface area contributed by atoms with Crippen LogP contribution in [0.5, 0.6) is 0 Å². The van der Waals surface area contributed by atoms with Gasteiger partial charge in [0.2, 0.25) is 0 Å². The Kier molecular flexibility index (Phi) is 7.72. The van der Waals surface area contributed by atoms with Crippen LogP contribution in [0.15, 0.2) is 0 Å². The van der Waals surface area contributed by atoms with Gasteiger partial charge in [0.1, 0.15) is 0 Å². The van der Waals surface area contributed by atoms with Gasteiger partial charge in [-0.05, 0) is 26.6 Å². The molecule has 2 N–H and O–H groups in total. The van der Waals surface area contributed by atoms with Crippen molar-refractivity contribution in [2.24, 2.45) is 5.73 Å². The van der Waals surface area contributed by atoms with Crippen molar-refractivity contribution in [1.29, 1.82) is 0 Å². The van der Waals surface area contributed by atoms with Crippen LogP contribution in [0.3, 0.4) is 0 Å². The van der Waals surface area contributed by atoms with Gasteiger partial charge in [-0.1, -0.05) is 0 Å². The van der Waals surface area contributed by atoms with E-state index >= 15 is 0 Å². The van der Waals surface area contributed by atoms with Crippen LogP contribution in [0.2, 0.25) is 0 Å². The molecule has 17 heavy (non-hydrogen) atoms. The lowest BCUT2D eigenvalue weighted by molar-refractivity contribution is -0.0377. The summed E-state index contributed by atoms with van der Waals surface area (Å²) in [5, 5.41) is 0. The number of morpholine rings is 1. The molecule has 0 amide bonds. The highest BCUT2D eigenvalue weighted by molar-refractivity contribution is 4.73. The molecule has 1 heterocycles. The first-order valence-electron chi connectivity index (χ1n) is 6.47. The molecule has 0 aromatic rings. The van der Waals surface area contributed by atoms with Crippen molar-refractivity contribution in [3.63, 3.8) is 0 Å². The Morgan fingerprint density at radius 1 is 1.47 bits per heavy atom. The van der Waals surface area contributed by atoms with E-state index < -0.39 is 0 Å². The quantitative estimate of drug-likeness (QED) is 0.631. The van der Waals surface area contributed by atoms with Crippen molar-refractivity contribution in [2.75, 3.05) is 66.6 Å². The number of rotatable bonds is 8. The largest absolute Gasteiger partial charge is 0.383 e.